The predicted octanol–water partition coefficient (Wildman–Crippen LogP) is 12.8. The van der Waals surface area contributed by atoms with E-state index in [1.165, 1.54) is 21.0 Å². The van der Waals surface area contributed by atoms with Gasteiger partial charge in [0, 0.05) is 21.0 Å². The number of fused-ring (bicyclic) bond motifs is 2. The van der Waals surface area contributed by atoms with E-state index in [9.17, 15) is 14.4 Å². The molecule has 6 aromatic rings. The molecule has 0 radical (unpaired) electrons. The second-order valence-electron chi connectivity index (χ2n) is 27.0. The van der Waals surface area contributed by atoms with Crippen LogP contribution in [0.3, 0.4) is 0 Å². The summed E-state index contributed by atoms with van der Waals surface area (Å²) >= 11 is 0. The van der Waals surface area contributed by atoms with Crippen molar-refractivity contribution in [1.29, 1.82) is 0 Å². The summed E-state index contributed by atoms with van der Waals surface area (Å²) in [5.74, 6) is -8.11. The molecular formula is C77H98O20Si2. The zero-order valence-corrected chi connectivity index (χ0v) is 60.8. The summed E-state index contributed by atoms with van der Waals surface area (Å²) in [6.45, 7) is 17.7. The van der Waals surface area contributed by atoms with Crippen molar-refractivity contribution in [2.45, 2.75) is 197 Å². The Balaban J connectivity index is 1.16. The summed E-state index contributed by atoms with van der Waals surface area (Å²) < 4.78 is 121. The van der Waals surface area contributed by atoms with Gasteiger partial charge in [-0.25, -0.2) is 4.79 Å². The minimum Gasteiger partial charge on any atom is -0.463 e. The number of rotatable bonds is 33. The number of esters is 3. The lowest BCUT2D eigenvalue weighted by molar-refractivity contribution is -0.367. The Labute approximate surface area is 584 Å². The van der Waals surface area contributed by atoms with Crippen LogP contribution in [-0.2, 0) is 122 Å². The first-order valence-corrected chi connectivity index (χ1v) is 38.3. The molecule has 4 aliphatic heterocycles. The van der Waals surface area contributed by atoms with Crippen molar-refractivity contribution < 1.29 is 93.7 Å². The van der Waals surface area contributed by atoms with Gasteiger partial charge in [0.25, 0.3) is 0 Å². The smallest absolute Gasteiger partial charge is 0.338 e. The van der Waals surface area contributed by atoms with Crippen molar-refractivity contribution in [2.24, 2.45) is 0 Å². The van der Waals surface area contributed by atoms with E-state index in [0.29, 0.717) is 0 Å². The number of hydrogen-bond acceptors (Lipinski definition) is 20. The summed E-state index contributed by atoms with van der Waals surface area (Å²) in [5, 5.41) is 0. The fourth-order valence-corrected chi connectivity index (χ4v) is 24.8. The van der Waals surface area contributed by atoms with E-state index in [2.05, 4.69) is 55.4 Å². The SMILES string of the molecule is CO[C@]1(CO[C@]2(CO[C@]34CO[Si](C(C)C)(C(C)C)O[Si](C(C)C)(C(C)C)O[C@H]([C@@H](COC(C)=O)O3)[C@@H]4OCc3ccccc3)O[C@H](COC(C)=O)[C@@H](OC(=O)c3ccccc3)[C@@H]2OCc2ccccc2)O[C@H](COCc2ccccc2)[C@@H](OCc2ccccc2)[C@@H]1OCc1ccccc1. The zero-order valence-electron chi connectivity index (χ0n) is 58.8. The molecule has 0 saturated carbocycles. The van der Waals surface area contributed by atoms with Crippen LogP contribution < -0.4 is 0 Å². The first-order chi connectivity index (χ1) is 47.7. The van der Waals surface area contributed by atoms with Gasteiger partial charge in [-0.1, -0.05) is 225 Å². The van der Waals surface area contributed by atoms with Crippen LogP contribution in [0.2, 0.25) is 22.2 Å². The summed E-state index contributed by atoms with van der Waals surface area (Å²) in [6.07, 6.45) is -10.3. The van der Waals surface area contributed by atoms with Gasteiger partial charge in [-0.3, -0.25) is 9.59 Å². The van der Waals surface area contributed by atoms with Gasteiger partial charge in [0.15, 0.2) is 12.2 Å². The lowest BCUT2D eigenvalue weighted by Crippen LogP contribution is -2.63. The van der Waals surface area contributed by atoms with Crippen molar-refractivity contribution in [1.82, 2.24) is 0 Å². The minimum atomic E-state index is -3.53. The Morgan fingerprint density at radius 2 is 0.859 bits per heavy atom. The maximum absolute atomic E-state index is 14.8. The fourth-order valence-electron chi connectivity index (χ4n) is 13.6. The van der Waals surface area contributed by atoms with E-state index in [0.717, 1.165) is 27.8 Å². The Bertz CT molecular complexity index is 3440. The number of carbonyl (C=O) groups excluding carboxylic acids is 3. The summed E-state index contributed by atoms with van der Waals surface area (Å²) in [6, 6.07) is 56.9. The van der Waals surface area contributed by atoms with Crippen LogP contribution in [0.4, 0.5) is 0 Å². The van der Waals surface area contributed by atoms with E-state index >= 15 is 0 Å². The Hall–Kier alpha value is -6.40. The molecule has 20 nitrogen and oxygen atoms in total. The molecule has 0 spiro atoms. The van der Waals surface area contributed by atoms with Gasteiger partial charge in [0.2, 0.25) is 17.4 Å². The molecule has 0 aliphatic carbocycles. The highest BCUT2D eigenvalue weighted by Crippen LogP contribution is 2.52. The average molecular weight is 1400 g/mol. The van der Waals surface area contributed by atoms with E-state index < -0.39 is 127 Å². The van der Waals surface area contributed by atoms with Crippen LogP contribution in [0.25, 0.3) is 0 Å². The number of carbonyl (C=O) groups is 3. The van der Waals surface area contributed by atoms with Crippen molar-refractivity contribution >= 4 is 35.0 Å². The van der Waals surface area contributed by atoms with Crippen LogP contribution in [0.5, 0.6) is 0 Å². The Kier molecular flexibility index (Phi) is 26.2. The first kappa shape index (κ1) is 75.3. The van der Waals surface area contributed by atoms with Gasteiger partial charge in [-0.15, -0.1) is 0 Å². The third-order valence-corrected chi connectivity index (χ3v) is 29.0. The molecular weight excluding hydrogens is 1300 g/mol. The monoisotopic (exact) mass is 1400 g/mol. The standard InChI is InChI=1S/C77H98O20Si2/c1-53(2)98(54(3)4)91-52-77(73(88-46-63-38-26-16-27-39-63)70(67(95-77)49-84-58(10)79)96-99(97-98,55(5)6)56(7)8)90-51-76(72(87-45-62-36-24-15-25-37-62)69(66(94-76)48-83-57(9)78)92-74(80)64-40-28-17-29-41-64)89-50-75(81-11)71(86-44-61-34-22-14-23-35-61)68(85-43-60-32-20-13-21-33-60)65(93-75)47-82-42-59-30-18-12-19-31-59/h12-41,53-56,65-73H,42-52H2,1-11H3/t65-,66-,67-,68-,69-,70-,71+,72+,73+,75-,76-,77-/m1/s1. The maximum atomic E-state index is 14.8. The summed E-state index contributed by atoms with van der Waals surface area (Å²) in [4.78, 5) is 41.0. The normalized spacial score (nSPS) is 27.2. The lowest BCUT2D eigenvalue weighted by Gasteiger charge is -2.49. The van der Waals surface area contributed by atoms with Crippen molar-refractivity contribution in [3.8, 4) is 0 Å². The van der Waals surface area contributed by atoms with E-state index in [1.54, 1.807) is 30.3 Å². The maximum Gasteiger partial charge on any atom is 0.338 e. The van der Waals surface area contributed by atoms with E-state index in [1.807, 2.05) is 152 Å². The van der Waals surface area contributed by atoms with Crippen LogP contribution >= 0.6 is 0 Å². The number of hydrogen-bond donors (Lipinski definition) is 0. The first-order valence-electron chi connectivity index (χ1n) is 34.4. The van der Waals surface area contributed by atoms with Gasteiger partial charge >= 0.3 is 35.0 Å². The highest BCUT2D eigenvalue weighted by atomic mass is 28.5. The molecule has 10 rings (SSSR count). The molecule has 6 aromatic carbocycles. The third-order valence-electron chi connectivity index (χ3n) is 18.7. The van der Waals surface area contributed by atoms with Crippen LogP contribution in [0.1, 0.15) is 107 Å². The molecule has 2 bridgehead atoms. The lowest BCUT2D eigenvalue weighted by atomic mass is 10.0. The Morgan fingerprint density at radius 1 is 0.455 bits per heavy atom. The van der Waals surface area contributed by atoms with Crippen molar-refractivity contribution in [3.63, 3.8) is 0 Å². The molecule has 22 heteroatoms. The highest BCUT2D eigenvalue weighted by Gasteiger charge is 2.69. The van der Waals surface area contributed by atoms with E-state index in [-0.39, 0.29) is 80.6 Å². The highest BCUT2D eigenvalue weighted by molar-refractivity contribution is 6.84. The molecule has 0 N–H and O–H groups in total. The van der Waals surface area contributed by atoms with Crippen molar-refractivity contribution in [3.05, 3.63) is 215 Å². The molecule has 534 valence electrons. The van der Waals surface area contributed by atoms with Crippen LogP contribution in [-0.4, -0.2) is 154 Å². The molecule has 4 saturated heterocycles. The van der Waals surface area contributed by atoms with E-state index in [4.69, 9.17) is 79.3 Å². The second kappa shape index (κ2) is 34.5. The Morgan fingerprint density at radius 3 is 1.32 bits per heavy atom. The molecule has 0 amide bonds. The van der Waals surface area contributed by atoms with Crippen molar-refractivity contribution in [2.75, 3.05) is 46.8 Å². The average Bonchev–Trinajstić information content (AvgIpc) is 1.53. The third kappa shape index (κ3) is 18.1. The quantitative estimate of drug-likeness (QED) is 0.0213. The molecule has 4 heterocycles. The largest absolute Gasteiger partial charge is 0.463 e. The minimum absolute atomic E-state index is 0.0151. The molecule has 12 atom stereocenters. The molecule has 0 aromatic heterocycles. The van der Waals surface area contributed by atoms with Gasteiger partial charge in [-0.2, -0.15) is 0 Å². The molecule has 4 aliphatic rings. The summed E-state index contributed by atoms with van der Waals surface area (Å²) in [7, 11) is -5.52. The molecule has 0 unspecified atom stereocenters. The van der Waals surface area contributed by atoms with Crippen LogP contribution in [0, 0.1) is 0 Å². The van der Waals surface area contributed by atoms with Gasteiger partial charge in [-0.05, 0) is 62.1 Å². The van der Waals surface area contributed by atoms with Gasteiger partial charge in [0.1, 0.15) is 69.2 Å². The number of benzene rings is 6. The fraction of sp³-hybridized carbons (Fsp3) is 0.494. The predicted molar refractivity (Wildman–Crippen MR) is 371 cm³/mol. The summed E-state index contributed by atoms with van der Waals surface area (Å²) in [5.41, 5.74) is 3.88. The topological polar surface area (TPSA) is 208 Å². The molecule has 4 fully saturated rings. The number of methoxy groups -OCH3 is 1. The number of ether oxygens (including phenoxy) is 14. The molecule has 99 heavy (non-hydrogen) atoms. The second-order valence-corrected chi connectivity index (χ2v) is 35.8. The van der Waals surface area contributed by atoms with Crippen LogP contribution in [0.15, 0.2) is 182 Å². The van der Waals surface area contributed by atoms with Gasteiger partial charge < -0.3 is 79.3 Å². The van der Waals surface area contributed by atoms with Gasteiger partial charge in [0.05, 0.1) is 51.8 Å². The zero-order chi connectivity index (χ0) is 70.2.